The van der Waals surface area contributed by atoms with E-state index in [0.717, 1.165) is 11.1 Å². The van der Waals surface area contributed by atoms with Crippen LogP contribution in [0.5, 0.6) is 0 Å². The summed E-state index contributed by atoms with van der Waals surface area (Å²) in [6.07, 6.45) is 3.68. The van der Waals surface area contributed by atoms with Crippen molar-refractivity contribution >= 4 is 18.4 Å². The lowest BCUT2D eigenvalue weighted by Crippen LogP contribution is -2.33. The summed E-state index contributed by atoms with van der Waals surface area (Å²) in [5.74, 6) is 0.320. The number of esters is 1. The van der Waals surface area contributed by atoms with Crippen LogP contribution in [-0.2, 0) is 27.1 Å². The number of hydrogen-bond donors (Lipinski definition) is 1. The van der Waals surface area contributed by atoms with Crippen LogP contribution in [0.25, 0.3) is 0 Å². The molecule has 0 spiro atoms. The largest absolute Gasteiger partial charge is 0.459 e. The second-order valence-electron chi connectivity index (χ2n) is 7.83. The van der Waals surface area contributed by atoms with Crippen molar-refractivity contribution in [2.45, 2.75) is 43.9 Å². The molecular formula is C23H25ClN2O3. The molecule has 0 bridgehead atoms. The highest BCUT2D eigenvalue weighted by molar-refractivity contribution is 5.89. The van der Waals surface area contributed by atoms with E-state index in [1.165, 1.54) is 0 Å². The van der Waals surface area contributed by atoms with Gasteiger partial charge in [-0.05, 0) is 25.0 Å². The lowest BCUT2D eigenvalue weighted by Gasteiger charge is -2.26. The van der Waals surface area contributed by atoms with Crippen molar-refractivity contribution in [3.8, 4) is 0 Å². The Labute approximate surface area is 176 Å². The standard InChI is InChI=1S/C23H24N2O3.ClH/c1-22(2,27)20-24-13-14-25(20)16-19-15-23(21(26)28-19,17-9-5-3-6-10-17)18-11-7-4-8-12-18;/h3-14,19,27H,15-16H2,1-2H3;1H. The molecule has 0 amide bonds. The van der Waals surface area contributed by atoms with Crippen molar-refractivity contribution in [2.75, 3.05) is 0 Å². The Kier molecular flexibility index (Phi) is 5.82. The summed E-state index contributed by atoms with van der Waals surface area (Å²) in [7, 11) is 0. The fourth-order valence-electron chi connectivity index (χ4n) is 4.11. The highest BCUT2D eigenvalue weighted by Crippen LogP contribution is 2.43. The number of ether oxygens (including phenoxy) is 1. The minimum atomic E-state index is -1.07. The molecule has 1 atom stereocenters. The third-order valence-corrected chi connectivity index (χ3v) is 5.35. The summed E-state index contributed by atoms with van der Waals surface area (Å²) in [4.78, 5) is 17.5. The maximum Gasteiger partial charge on any atom is 0.321 e. The van der Waals surface area contributed by atoms with Gasteiger partial charge in [-0.3, -0.25) is 4.79 Å². The monoisotopic (exact) mass is 412 g/mol. The zero-order valence-corrected chi connectivity index (χ0v) is 17.3. The molecule has 5 nitrogen and oxygen atoms in total. The number of imidazole rings is 1. The third-order valence-electron chi connectivity index (χ3n) is 5.35. The van der Waals surface area contributed by atoms with Crippen LogP contribution in [0.3, 0.4) is 0 Å². The van der Waals surface area contributed by atoms with Crippen molar-refractivity contribution in [1.29, 1.82) is 0 Å². The predicted molar refractivity (Wildman–Crippen MR) is 113 cm³/mol. The number of carbonyl (C=O) groups excluding carboxylic acids is 1. The Morgan fingerprint density at radius 3 is 2.17 bits per heavy atom. The molecule has 0 aliphatic carbocycles. The van der Waals surface area contributed by atoms with Crippen molar-refractivity contribution in [3.05, 3.63) is 90.0 Å². The van der Waals surface area contributed by atoms with Gasteiger partial charge in [-0.2, -0.15) is 0 Å². The van der Waals surface area contributed by atoms with Crippen LogP contribution >= 0.6 is 12.4 Å². The first-order chi connectivity index (χ1) is 13.4. The van der Waals surface area contributed by atoms with Gasteiger partial charge in [0.2, 0.25) is 0 Å². The number of cyclic esters (lactones) is 1. The summed E-state index contributed by atoms with van der Waals surface area (Å²) < 4.78 is 7.72. The maximum atomic E-state index is 13.2. The fourth-order valence-corrected chi connectivity index (χ4v) is 4.11. The third kappa shape index (κ3) is 3.80. The number of halogens is 1. The van der Waals surface area contributed by atoms with Crippen LogP contribution < -0.4 is 0 Å². The minimum Gasteiger partial charge on any atom is -0.459 e. The van der Waals surface area contributed by atoms with Gasteiger partial charge in [-0.25, -0.2) is 4.98 Å². The smallest absolute Gasteiger partial charge is 0.321 e. The van der Waals surface area contributed by atoms with Gasteiger partial charge in [0.05, 0.1) is 6.54 Å². The summed E-state index contributed by atoms with van der Waals surface area (Å²) >= 11 is 0. The zero-order valence-electron chi connectivity index (χ0n) is 16.5. The summed E-state index contributed by atoms with van der Waals surface area (Å²) in [6, 6.07) is 19.6. The summed E-state index contributed by atoms with van der Waals surface area (Å²) in [5.41, 5.74) is -0.0332. The molecule has 6 heteroatoms. The molecule has 29 heavy (non-hydrogen) atoms. The number of aromatic nitrogens is 2. The van der Waals surface area contributed by atoms with Gasteiger partial charge in [0.25, 0.3) is 0 Å². The number of benzene rings is 2. The van der Waals surface area contributed by atoms with Crippen LogP contribution in [0.1, 0.15) is 37.2 Å². The van der Waals surface area contributed by atoms with E-state index in [9.17, 15) is 9.90 Å². The molecule has 0 radical (unpaired) electrons. The highest BCUT2D eigenvalue weighted by Gasteiger charge is 2.51. The Bertz CT molecular complexity index is 925. The Morgan fingerprint density at radius 2 is 1.66 bits per heavy atom. The molecule has 1 fully saturated rings. The van der Waals surface area contributed by atoms with Crippen LogP contribution in [0.2, 0.25) is 0 Å². The lowest BCUT2D eigenvalue weighted by molar-refractivity contribution is -0.145. The molecule has 1 saturated heterocycles. The SMILES string of the molecule is CC(C)(O)c1nccn1CC1CC(c2ccccc2)(c2ccccc2)C(=O)O1.Cl. The molecule has 1 N–H and O–H groups in total. The van der Waals surface area contributed by atoms with Crippen molar-refractivity contribution < 1.29 is 14.6 Å². The van der Waals surface area contributed by atoms with E-state index in [1.807, 2.05) is 71.4 Å². The van der Waals surface area contributed by atoms with Crippen molar-refractivity contribution in [3.63, 3.8) is 0 Å². The number of aliphatic hydroxyl groups is 1. The van der Waals surface area contributed by atoms with E-state index in [1.54, 1.807) is 20.0 Å². The number of nitrogens with zero attached hydrogens (tertiary/aromatic N) is 2. The first kappa shape index (κ1) is 21.1. The van der Waals surface area contributed by atoms with Crippen LogP contribution in [0.15, 0.2) is 73.1 Å². The first-order valence-electron chi connectivity index (χ1n) is 9.47. The average molecular weight is 413 g/mol. The van der Waals surface area contributed by atoms with E-state index in [2.05, 4.69) is 4.98 Å². The van der Waals surface area contributed by atoms with E-state index in [4.69, 9.17) is 4.74 Å². The molecular weight excluding hydrogens is 388 g/mol. The molecule has 1 aromatic heterocycles. The van der Waals surface area contributed by atoms with Crippen molar-refractivity contribution in [2.24, 2.45) is 0 Å². The van der Waals surface area contributed by atoms with Gasteiger partial charge < -0.3 is 14.4 Å². The molecule has 152 valence electrons. The van der Waals surface area contributed by atoms with E-state index < -0.39 is 11.0 Å². The fraction of sp³-hybridized carbons (Fsp3) is 0.304. The maximum absolute atomic E-state index is 13.2. The van der Waals surface area contributed by atoms with E-state index in [0.29, 0.717) is 18.8 Å². The molecule has 3 aromatic rings. The average Bonchev–Trinajstić information content (AvgIpc) is 3.28. The molecule has 1 aliphatic heterocycles. The lowest BCUT2D eigenvalue weighted by atomic mass is 9.72. The Balaban J connectivity index is 0.00000240. The van der Waals surface area contributed by atoms with Gasteiger partial charge in [0.15, 0.2) is 0 Å². The van der Waals surface area contributed by atoms with Gasteiger partial charge in [0, 0.05) is 18.8 Å². The minimum absolute atomic E-state index is 0. The highest BCUT2D eigenvalue weighted by atomic mass is 35.5. The quantitative estimate of drug-likeness (QED) is 0.647. The van der Waals surface area contributed by atoms with E-state index >= 15 is 0 Å². The topological polar surface area (TPSA) is 64.4 Å². The molecule has 1 unspecified atom stereocenters. The second-order valence-corrected chi connectivity index (χ2v) is 7.83. The molecule has 2 aromatic carbocycles. The van der Waals surface area contributed by atoms with Gasteiger partial charge in [-0.15, -0.1) is 12.4 Å². The Morgan fingerprint density at radius 1 is 1.10 bits per heavy atom. The second kappa shape index (κ2) is 8.01. The predicted octanol–water partition coefficient (Wildman–Crippen LogP) is 3.83. The summed E-state index contributed by atoms with van der Waals surface area (Å²) in [6.45, 7) is 3.85. The first-order valence-corrected chi connectivity index (χ1v) is 9.47. The van der Waals surface area contributed by atoms with E-state index in [-0.39, 0.29) is 24.5 Å². The molecule has 1 aliphatic rings. The molecule has 4 rings (SSSR count). The van der Waals surface area contributed by atoms with Gasteiger partial charge in [0.1, 0.15) is 22.9 Å². The number of carbonyl (C=O) groups is 1. The van der Waals surface area contributed by atoms with Gasteiger partial charge in [-0.1, -0.05) is 60.7 Å². The normalized spacial score (nSPS) is 18.2. The van der Waals surface area contributed by atoms with Crippen LogP contribution in [0.4, 0.5) is 0 Å². The summed E-state index contributed by atoms with van der Waals surface area (Å²) in [5, 5.41) is 10.4. The Hall–Kier alpha value is -2.63. The molecule has 0 saturated carbocycles. The van der Waals surface area contributed by atoms with Crippen molar-refractivity contribution in [1.82, 2.24) is 9.55 Å². The number of rotatable bonds is 5. The van der Waals surface area contributed by atoms with Crippen LogP contribution in [-0.4, -0.2) is 26.7 Å². The zero-order chi connectivity index (χ0) is 19.8. The van der Waals surface area contributed by atoms with Gasteiger partial charge >= 0.3 is 5.97 Å². The molecule has 2 heterocycles. The van der Waals surface area contributed by atoms with Crippen LogP contribution in [0, 0.1) is 0 Å². The number of hydrogen-bond acceptors (Lipinski definition) is 4.